The van der Waals surface area contributed by atoms with E-state index in [-0.39, 0.29) is 11.2 Å². The normalized spacial score (nSPS) is 19.8. The van der Waals surface area contributed by atoms with Crippen LogP contribution < -0.4 is 16.3 Å². The van der Waals surface area contributed by atoms with Gasteiger partial charge in [-0.1, -0.05) is 17.7 Å². The van der Waals surface area contributed by atoms with Crippen LogP contribution >= 0.6 is 11.6 Å². The van der Waals surface area contributed by atoms with E-state index in [1.165, 1.54) is 10.7 Å². The minimum absolute atomic E-state index is 0.153. The molecule has 1 aromatic heterocycles. The van der Waals surface area contributed by atoms with E-state index in [9.17, 15) is 9.59 Å². The molecular formula is C12H16ClN3O2. The molecule has 0 radical (unpaired) electrons. The Hall–Kier alpha value is -1.49. The molecule has 1 unspecified atom stereocenters. The second kappa shape index (κ2) is 5.44. The monoisotopic (exact) mass is 269 g/mol. The minimum Gasteiger partial charge on any atom is -0.304 e. The van der Waals surface area contributed by atoms with Gasteiger partial charge in [-0.25, -0.2) is 4.79 Å². The molecule has 1 aliphatic heterocycles. The Kier molecular flexibility index (Phi) is 3.91. The lowest BCUT2D eigenvalue weighted by Crippen LogP contribution is -2.53. The lowest BCUT2D eigenvalue weighted by Gasteiger charge is -2.37. The molecule has 5 nitrogen and oxygen atoms in total. The van der Waals surface area contributed by atoms with Crippen LogP contribution in [-0.2, 0) is 0 Å². The molecule has 1 N–H and O–H groups in total. The maximum atomic E-state index is 11.9. The molecule has 1 atom stereocenters. The van der Waals surface area contributed by atoms with Crippen molar-refractivity contribution in [3.63, 3.8) is 0 Å². The zero-order valence-corrected chi connectivity index (χ0v) is 10.8. The molecule has 1 fully saturated rings. The van der Waals surface area contributed by atoms with Crippen molar-refractivity contribution in [3.05, 3.63) is 44.7 Å². The van der Waals surface area contributed by atoms with Crippen LogP contribution in [0.15, 0.2) is 28.3 Å². The number of aromatic amines is 1. The van der Waals surface area contributed by atoms with E-state index in [1.54, 1.807) is 0 Å². The molecule has 18 heavy (non-hydrogen) atoms. The molecule has 0 amide bonds. The zero-order chi connectivity index (χ0) is 13.1. The molecule has 1 saturated heterocycles. The molecule has 2 heterocycles. The highest BCUT2D eigenvalue weighted by Gasteiger charge is 2.24. The zero-order valence-electron chi connectivity index (χ0n) is 10.1. The summed E-state index contributed by atoms with van der Waals surface area (Å²) in [4.78, 5) is 25.3. The first-order valence-corrected chi connectivity index (χ1v) is 6.41. The van der Waals surface area contributed by atoms with Crippen molar-refractivity contribution in [1.82, 2.24) is 9.66 Å². The van der Waals surface area contributed by atoms with Crippen molar-refractivity contribution in [3.8, 4) is 0 Å². The lowest BCUT2D eigenvalue weighted by molar-refractivity contribution is 0.372. The molecule has 0 bridgehead atoms. The molecule has 0 saturated carbocycles. The molecule has 0 spiro atoms. The SMILES string of the molecule is C=CCC1CCCCN1n1c(Cl)cc(=O)[nH]c1=O. The fourth-order valence-corrected chi connectivity index (χ4v) is 2.65. The van der Waals surface area contributed by atoms with Gasteiger partial charge in [-0.3, -0.25) is 9.78 Å². The predicted octanol–water partition coefficient (Wildman–Crippen LogP) is 1.26. The van der Waals surface area contributed by atoms with Gasteiger partial charge in [-0.2, -0.15) is 4.68 Å². The number of piperidine rings is 1. The van der Waals surface area contributed by atoms with E-state index in [0.717, 1.165) is 32.2 Å². The van der Waals surface area contributed by atoms with Crippen molar-refractivity contribution in [1.29, 1.82) is 0 Å². The maximum Gasteiger partial charge on any atom is 0.348 e. The van der Waals surface area contributed by atoms with Gasteiger partial charge in [-0.15, -0.1) is 6.58 Å². The summed E-state index contributed by atoms with van der Waals surface area (Å²) in [5, 5.41) is 2.07. The molecule has 6 heteroatoms. The standard InChI is InChI=1S/C12H16ClN3O2/c1-2-5-9-6-3-4-7-15(9)16-10(13)8-11(17)14-12(16)18/h2,8-9H,1,3-7H2,(H,14,17,18). The highest BCUT2D eigenvalue weighted by molar-refractivity contribution is 6.29. The average molecular weight is 270 g/mol. The summed E-state index contributed by atoms with van der Waals surface area (Å²) < 4.78 is 1.36. The van der Waals surface area contributed by atoms with Gasteiger partial charge in [0.1, 0.15) is 5.15 Å². The highest BCUT2D eigenvalue weighted by Crippen LogP contribution is 2.19. The van der Waals surface area contributed by atoms with Crippen molar-refractivity contribution < 1.29 is 0 Å². The topological polar surface area (TPSA) is 58.1 Å². The fourth-order valence-electron chi connectivity index (χ4n) is 2.38. The Bertz CT molecular complexity index is 549. The number of hydrogen-bond acceptors (Lipinski definition) is 3. The van der Waals surface area contributed by atoms with Crippen LogP contribution in [0.1, 0.15) is 25.7 Å². The van der Waals surface area contributed by atoms with Crippen LogP contribution in [0.2, 0.25) is 5.15 Å². The number of H-pyrrole nitrogens is 1. The lowest BCUT2D eigenvalue weighted by atomic mass is 10.0. The van der Waals surface area contributed by atoms with E-state index >= 15 is 0 Å². The minimum atomic E-state index is -0.483. The van der Waals surface area contributed by atoms with E-state index < -0.39 is 11.2 Å². The van der Waals surface area contributed by atoms with Gasteiger partial charge in [0, 0.05) is 18.7 Å². The van der Waals surface area contributed by atoms with Gasteiger partial charge in [0.25, 0.3) is 5.56 Å². The van der Waals surface area contributed by atoms with E-state index in [1.807, 2.05) is 11.1 Å². The van der Waals surface area contributed by atoms with Crippen LogP contribution in [0, 0.1) is 0 Å². The molecule has 0 aliphatic carbocycles. The molecule has 0 aromatic carbocycles. The smallest absolute Gasteiger partial charge is 0.304 e. The summed E-state index contributed by atoms with van der Waals surface area (Å²) in [6.45, 7) is 4.49. The predicted molar refractivity (Wildman–Crippen MR) is 71.9 cm³/mol. The Morgan fingerprint density at radius 1 is 1.50 bits per heavy atom. The van der Waals surface area contributed by atoms with Gasteiger partial charge in [0.15, 0.2) is 0 Å². The van der Waals surface area contributed by atoms with Crippen LogP contribution in [0.25, 0.3) is 0 Å². The summed E-state index contributed by atoms with van der Waals surface area (Å²) in [6, 6.07) is 1.43. The molecule has 98 valence electrons. The number of rotatable bonds is 3. The van der Waals surface area contributed by atoms with E-state index in [4.69, 9.17) is 11.6 Å². The Labute approximate surface area is 110 Å². The second-order valence-corrected chi connectivity index (χ2v) is 4.80. The average Bonchev–Trinajstić information content (AvgIpc) is 2.30. The third-order valence-corrected chi connectivity index (χ3v) is 3.44. The van der Waals surface area contributed by atoms with Gasteiger partial charge in [-0.05, 0) is 25.7 Å². The molecule has 1 aliphatic rings. The highest BCUT2D eigenvalue weighted by atomic mass is 35.5. The summed E-state index contributed by atoms with van der Waals surface area (Å²) in [5.41, 5.74) is -0.956. The first-order valence-electron chi connectivity index (χ1n) is 6.03. The summed E-state index contributed by atoms with van der Waals surface area (Å²) in [6.07, 6.45) is 5.77. The van der Waals surface area contributed by atoms with Crippen LogP contribution in [0.5, 0.6) is 0 Å². The largest absolute Gasteiger partial charge is 0.348 e. The first kappa shape index (κ1) is 13.0. The molecule has 2 rings (SSSR count). The fraction of sp³-hybridized carbons (Fsp3) is 0.500. The maximum absolute atomic E-state index is 11.9. The third kappa shape index (κ3) is 2.51. The quantitative estimate of drug-likeness (QED) is 0.664. The van der Waals surface area contributed by atoms with Crippen molar-refractivity contribution in [2.45, 2.75) is 31.7 Å². The van der Waals surface area contributed by atoms with Gasteiger partial charge < -0.3 is 5.01 Å². The van der Waals surface area contributed by atoms with Crippen molar-refractivity contribution in [2.75, 3.05) is 11.6 Å². The first-order chi connectivity index (χ1) is 8.63. The number of aromatic nitrogens is 2. The van der Waals surface area contributed by atoms with Gasteiger partial charge in [0.05, 0.1) is 0 Å². The van der Waals surface area contributed by atoms with Crippen molar-refractivity contribution >= 4 is 11.6 Å². The Balaban J connectivity index is 2.42. The Morgan fingerprint density at radius 3 is 2.94 bits per heavy atom. The van der Waals surface area contributed by atoms with Crippen LogP contribution in [-0.4, -0.2) is 22.2 Å². The van der Waals surface area contributed by atoms with Crippen LogP contribution in [0.3, 0.4) is 0 Å². The summed E-state index contributed by atoms with van der Waals surface area (Å²) in [7, 11) is 0. The van der Waals surface area contributed by atoms with E-state index in [0.29, 0.717) is 0 Å². The van der Waals surface area contributed by atoms with Crippen molar-refractivity contribution in [2.24, 2.45) is 0 Å². The number of halogens is 1. The summed E-state index contributed by atoms with van der Waals surface area (Å²) >= 11 is 6.01. The number of hydrogen-bond donors (Lipinski definition) is 1. The molecule has 1 aromatic rings. The number of nitrogens with one attached hydrogen (secondary N) is 1. The van der Waals surface area contributed by atoms with E-state index in [2.05, 4.69) is 11.6 Å². The Morgan fingerprint density at radius 2 is 2.28 bits per heavy atom. The summed E-state index contributed by atoms with van der Waals surface area (Å²) in [5.74, 6) is 0. The third-order valence-electron chi connectivity index (χ3n) is 3.17. The van der Waals surface area contributed by atoms with Gasteiger partial charge in [0.2, 0.25) is 0 Å². The molecular weight excluding hydrogens is 254 g/mol. The number of nitrogens with zero attached hydrogens (tertiary/aromatic N) is 2. The second-order valence-electron chi connectivity index (χ2n) is 4.41. The van der Waals surface area contributed by atoms with Crippen LogP contribution in [0.4, 0.5) is 0 Å². The van der Waals surface area contributed by atoms with Gasteiger partial charge >= 0.3 is 5.69 Å².